The van der Waals surface area contributed by atoms with E-state index in [2.05, 4.69) is 15.9 Å². The van der Waals surface area contributed by atoms with Crippen molar-refractivity contribution in [3.05, 3.63) is 73.8 Å². The maximum absolute atomic E-state index is 13.9. The molecular weight excluding hydrogens is 443 g/mol. The van der Waals surface area contributed by atoms with Crippen LogP contribution in [0.15, 0.2) is 50.1 Å². The molecule has 0 fully saturated rings. The van der Waals surface area contributed by atoms with Crippen molar-refractivity contribution in [2.24, 2.45) is 0 Å². The fraction of sp³-hybridized carbons (Fsp3) is 0.273. The summed E-state index contributed by atoms with van der Waals surface area (Å²) in [4.78, 5) is 24.0. The monoisotopic (exact) mass is 462 g/mol. The second-order valence-corrected chi connectivity index (χ2v) is 7.40. The highest BCUT2D eigenvalue weighted by molar-refractivity contribution is 9.10. The van der Waals surface area contributed by atoms with Gasteiger partial charge in [-0.2, -0.15) is 0 Å². The smallest absolute Gasteiger partial charge is 0.339 e. The van der Waals surface area contributed by atoms with E-state index in [4.69, 9.17) is 13.9 Å². The van der Waals surface area contributed by atoms with Gasteiger partial charge in [-0.15, -0.1) is 0 Å². The Bertz CT molecular complexity index is 1110. The second kappa shape index (κ2) is 9.22. The second-order valence-electron chi connectivity index (χ2n) is 6.48. The molecule has 0 aliphatic heterocycles. The molecule has 0 amide bonds. The van der Waals surface area contributed by atoms with Gasteiger partial charge in [-0.1, -0.05) is 22.0 Å². The van der Waals surface area contributed by atoms with Crippen LogP contribution in [-0.4, -0.2) is 12.6 Å². The summed E-state index contributed by atoms with van der Waals surface area (Å²) in [5.41, 5.74) is 1.51. The van der Waals surface area contributed by atoms with Gasteiger partial charge < -0.3 is 13.9 Å². The van der Waals surface area contributed by atoms with Crippen LogP contribution in [0.1, 0.15) is 30.0 Å². The molecule has 3 rings (SSSR count). The molecule has 0 atom stereocenters. The highest BCUT2D eigenvalue weighted by Crippen LogP contribution is 2.26. The summed E-state index contributed by atoms with van der Waals surface area (Å²) < 4.78 is 30.6. The van der Waals surface area contributed by atoms with Gasteiger partial charge >= 0.3 is 11.6 Å². The maximum atomic E-state index is 13.9. The van der Waals surface area contributed by atoms with E-state index in [1.807, 2.05) is 6.92 Å². The van der Waals surface area contributed by atoms with Crippen molar-refractivity contribution < 1.29 is 23.1 Å². The lowest BCUT2D eigenvalue weighted by Crippen LogP contribution is -2.13. The Balaban J connectivity index is 1.80. The zero-order chi connectivity index (χ0) is 21.0. The van der Waals surface area contributed by atoms with Gasteiger partial charge in [-0.25, -0.2) is 9.18 Å². The van der Waals surface area contributed by atoms with Crippen molar-refractivity contribution in [1.82, 2.24) is 0 Å². The number of aryl methyl sites for hydroxylation is 1. The van der Waals surface area contributed by atoms with Gasteiger partial charge in [0.1, 0.15) is 23.8 Å². The van der Waals surface area contributed by atoms with Crippen LogP contribution in [0.5, 0.6) is 5.75 Å². The Morgan fingerprint density at radius 3 is 2.72 bits per heavy atom. The van der Waals surface area contributed by atoms with Gasteiger partial charge in [0.05, 0.1) is 6.61 Å². The molecular formula is C22H20BrFO5. The third kappa shape index (κ3) is 5.03. The molecule has 0 bridgehead atoms. The number of carbonyl (C=O) groups excluding carboxylic acids is 1. The van der Waals surface area contributed by atoms with E-state index in [-0.39, 0.29) is 31.2 Å². The van der Waals surface area contributed by atoms with Gasteiger partial charge in [0.25, 0.3) is 0 Å². The van der Waals surface area contributed by atoms with Crippen LogP contribution < -0.4 is 10.4 Å². The number of rotatable bonds is 7. The molecule has 1 aromatic heterocycles. The van der Waals surface area contributed by atoms with E-state index in [0.29, 0.717) is 33.5 Å². The van der Waals surface area contributed by atoms with Crippen molar-refractivity contribution >= 4 is 32.9 Å². The lowest BCUT2D eigenvalue weighted by atomic mass is 10.0. The quantitative estimate of drug-likeness (QED) is 0.361. The third-order valence-corrected chi connectivity index (χ3v) is 5.05. The zero-order valence-electron chi connectivity index (χ0n) is 16.1. The van der Waals surface area contributed by atoms with Crippen LogP contribution in [0.2, 0.25) is 0 Å². The van der Waals surface area contributed by atoms with Crippen LogP contribution >= 0.6 is 15.9 Å². The topological polar surface area (TPSA) is 65.7 Å². The molecule has 152 valence electrons. The molecule has 0 saturated carbocycles. The molecule has 0 aliphatic carbocycles. The Morgan fingerprint density at radius 2 is 2.00 bits per heavy atom. The molecule has 0 radical (unpaired) electrons. The fourth-order valence-corrected chi connectivity index (χ4v) is 3.35. The lowest BCUT2D eigenvalue weighted by Gasteiger charge is -2.10. The average Bonchev–Trinajstić information content (AvgIpc) is 2.67. The Labute approximate surface area is 175 Å². The number of hydrogen-bond acceptors (Lipinski definition) is 5. The van der Waals surface area contributed by atoms with Gasteiger partial charge in [0.2, 0.25) is 0 Å². The van der Waals surface area contributed by atoms with Crippen LogP contribution in [0, 0.1) is 12.7 Å². The van der Waals surface area contributed by atoms with Crippen molar-refractivity contribution in [2.75, 3.05) is 6.61 Å². The van der Waals surface area contributed by atoms with Crippen LogP contribution in [-0.2, 0) is 22.6 Å². The molecule has 0 spiro atoms. The van der Waals surface area contributed by atoms with Crippen molar-refractivity contribution in [3.8, 4) is 5.75 Å². The summed E-state index contributed by atoms with van der Waals surface area (Å²) in [5, 5.41) is 0.755. The predicted octanol–water partition coefficient (Wildman–Crippen LogP) is 5.08. The molecule has 29 heavy (non-hydrogen) atoms. The highest BCUT2D eigenvalue weighted by atomic mass is 79.9. The minimum absolute atomic E-state index is 0.0471. The Morgan fingerprint density at radius 1 is 1.21 bits per heavy atom. The van der Waals surface area contributed by atoms with Crippen molar-refractivity contribution in [3.63, 3.8) is 0 Å². The largest absolute Gasteiger partial charge is 0.489 e. The molecule has 1 heterocycles. The van der Waals surface area contributed by atoms with Crippen molar-refractivity contribution in [1.29, 1.82) is 0 Å². The first-order chi connectivity index (χ1) is 13.9. The molecule has 2 aromatic carbocycles. The normalized spacial score (nSPS) is 10.9. The minimum Gasteiger partial charge on any atom is -0.489 e. The van der Waals surface area contributed by atoms with Gasteiger partial charge in [-0.3, -0.25) is 4.79 Å². The average molecular weight is 463 g/mol. The maximum Gasteiger partial charge on any atom is 0.339 e. The molecule has 0 aliphatic rings. The molecule has 0 saturated heterocycles. The summed E-state index contributed by atoms with van der Waals surface area (Å²) in [6, 6.07) is 9.88. The molecule has 5 nitrogen and oxygen atoms in total. The first-order valence-corrected chi connectivity index (χ1v) is 9.97. The van der Waals surface area contributed by atoms with E-state index < -0.39 is 5.63 Å². The number of carbonyl (C=O) groups is 1. The number of fused-ring (bicyclic) bond motifs is 1. The Hall–Kier alpha value is -2.67. The predicted molar refractivity (Wildman–Crippen MR) is 111 cm³/mol. The number of halogens is 2. The third-order valence-electron chi connectivity index (χ3n) is 4.55. The van der Waals surface area contributed by atoms with E-state index in [9.17, 15) is 14.0 Å². The Kier molecular flexibility index (Phi) is 6.69. The van der Waals surface area contributed by atoms with Crippen LogP contribution in [0.4, 0.5) is 4.39 Å². The standard InChI is InChI=1S/C22H20BrFO5/c1-3-27-21(25)9-8-18-13(2)17-7-6-16(11-20(17)29-22(18)26)28-12-14-4-5-15(23)10-19(14)24/h4-7,10-11H,3,8-9,12H2,1-2H3. The summed E-state index contributed by atoms with van der Waals surface area (Å²) in [7, 11) is 0. The number of hydrogen-bond donors (Lipinski definition) is 0. The minimum atomic E-state index is -0.490. The van der Waals surface area contributed by atoms with E-state index in [0.717, 1.165) is 10.9 Å². The van der Waals surface area contributed by atoms with E-state index >= 15 is 0 Å². The molecule has 3 aromatic rings. The lowest BCUT2D eigenvalue weighted by molar-refractivity contribution is -0.143. The molecule has 7 heteroatoms. The van der Waals surface area contributed by atoms with Gasteiger partial charge in [0.15, 0.2) is 0 Å². The van der Waals surface area contributed by atoms with Crippen LogP contribution in [0.3, 0.4) is 0 Å². The summed E-state index contributed by atoms with van der Waals surface area (Å²) in [5.74, 6) is -0.259. The first kappa shape index (κ1) is 21.0. The summed E-state index contributed by atoms with van der Waals surface area (Å²) >= 11 is 3.22. The summed E-state index contributed by atoms with van der Waals surface area (Å²) in [6.07, 6.45) is 0.370. The molecule has 0 N–H and O–H groups in total. The van der Waals surface area contributed by atoms with Crippen LogP contribution in [0.25, 0.3) is 11.0 Å². The first-order valence-electron chi connectivity index (χ1n) is 9.17. The fourth-order valence-electron chi connectivity index (χ4n) is 3.01. The summed E-state index contributed by atoms with van der Waals surface area (Å²) in [6.45, 7) is 3.90. The van der Waals surface area contributed by atoms with E-state index in [1.54, 1.807) is 37.3 Å². The van der Waals surface area contributed by atoms with Gasteiger partial charge in [-0.05, 0) is 50.1 Å². The van der Waals surface area contributed by atoms with Crippen molar-refractivity contribution in [2.45, 2.75) is 33.3 Å². The van der Waals surface area contributed by atoms with Gasteiger partial charge in [0, 0.05) is 33.5 Å². The zero-order valence-corrected chi connectivity index (χ0v) is 17.7. The highest BCUT2D eigenvalue weighted by Gasteiger charge is 2.14. The number of benzene rings is 2. The SMILES string of the molecule is CCOC(=O)CCc1c(C)c2ccc(OCc3ccc(Br)cc3F)cc2oc1=O. The number of ether oxygens (including phenoxy) is 2. The number of esters is 1. The van der Waals surface area contributed by atoms with E-state index in [1.165, 1.54) is 6.07 Å². The molecule has 0 unspecified atom stereocenters.